The van der Waals surface area contributed by atoms with Gasteiger partial charge < -0.3 is 15.0 Å². The van der Waals surface area contributed by atoms with Crippen LogP contribution in [0, 0.1) is 0 Å². The van der Waals surface area contributed by atoms with Crippen LogP contribution in [0.2, 0.25) is 0 Å². The first-order valence-corrected chi connectivity index (χ1v) is 5.25. The van der Waals surface area contributed by atoms with Crippen molar-refractivity contribution in [2.45, 2.75) is 24.9 Å². The van der Waals surface area contributed by atoms with Crippen LogP contribution in [0.1, 0.15) is 25.0 Å². The van der Waals surface area contributed by atoms with Gasteiger partial charge in [0.05, 0.1) is 0 Å². The molecule has 14 heavy (non-hydrogen) atoms. The number of aromatic nitrogens is 1. The lowest BCUT2D eigenvalue weighted by atomic mass is 9.91. The molecule has 0 amide bonds. The van der Waals surface area contributed by atoms with Crippen LogP contribution in [0.15, 0.2) is 18.3 Å². The fourth-order valence-corrected chi connectivity index (χ4v) is 2.14. The van der Waals surface area contributed by atoms with E-state index in [1.807, 2.05) is 18.3 Å². The number of likely N-dealkylation sites (tertiary alicyclic amines) is 1. The predicted octanol–water partition coefficient (Wildman–Crippen LogP) is 1.32. The summed E-state index contributed by atoms with van der Waals surface area (Å²) in [6.07, 6.45) is 4.62. The van der Waals surface area contributed by atoms with E-state index in [1.165, 1.54) is 0 Å². The van der Waals surface area contributed by atoms with Gasteiger partial charge in [-0.1, -0.05) is 0 Å². The largest absolute Gasteiger partial charge is 0.384 e. The molecule has 1 atom stereocenters. The molecule has 2 N–H and O–H groups in total. The Balaban J connectivity index is 2.15. The number of aliphatic hydroxyl groups is 1. The summed E-state index contributed by atoms with van der Waals surface area (Å²) in [5.74, 6) is 0. The van der Waals surface area contributed by atoms with Gasteiger partial charge in [0.2, 0.25) is 0 Å². The molecular weight excluding hydrogens is 176 g/mol. The van der Waals surface area contributed by atoms with Crippen LogP contribution in [0.3, 0.4) is 0 Å². The van der Waals surface area contributed by atoms with Crippen molar-refractivity contribution >= 4 is 0 Å². The van der Waals surface area contributed by atoms with Crippen molar-refractivity contribution in [1.29, 1.82) is 0 Å². The highest BCUT2D eigenvalue weighted by Crippen LogP contribution is 2.31. The van der Waals surface area contributed by atoms with Crippen LogP contribution in [0.4, 0.5) is 0 Å². The van der Waals surface area contributed by atoms with Crippen molar-refractivity contribution in [3.63, 3.8) is 0 Å². The molecule has 0 aliphatic carbocycles. The summed E-state index contributed by atoms with van der Waals surface area (Å²) < 4.78 is 0. The maximum absolute atomic E-state index is 10.5. The van der Waals surface area contributed by atoms with E-state index in [9.17, 15) is 5.11 Å². The first kappa shape index (κ1) is 9.74. The molecule has 1 unspecified atom stereocenters. The SMILES string of the molecule is CN1CCCC(O)(c2ccc[nH]2)CC1. The van der Waals surface area contributed by atoms with E-state index < -0.39 is 5.60 Å². The highest BCUT2D eigenvalue weighted by Gasteiger charge is 2.31. The Morgan fingerprint density at radius 3 is 3.00 bits per heavy atom. The Hall–Kier alpha value is -0.800. The van der Waals surface area contributed by atoms with Gasteiger partial charge in [-0.15, -0.1) is 0 Å². The Bertz CT molecular complexity index is 283. The van der Waals surface area contributed by atoms with Gasteiger partial charge in [-0.25, -0.2) is 0 Å². The van der Waals surface area contributed by atoms with Gasteiger partial charge in [0, 0.05) is 18.4 Å². The molecule has 2 heterocycles. The van der Waals surface area contributed by atoms with Gasteiger partial charge in [0.1, 0.15) is 5.60 Å². The van der Waals surface area contributed by atoms with Gasteiger partial charge >= 0.3 is 0 Å². The minimum absolute atomic E-state index is 0.631. The Morgan fingerprint density at radius 1 is 1.43 bits per heavy atom. The van der Waals surface area contributed by atoms with E-state index in [1.54, 1.807) is 0 Å². The van der Waals surface area contributed by atoms with Crippen molar-refractivity contribution in [3.8, 4) is 0 Å². The molecule has 3 heteroatoms. The Kier molecular flexibility index (Phi) is 2.61. The van der Waals surface area contributed by atoms with Gasteiger partial charge in [-0.3, -0.25) is 0 Å². The molecular formula is C11H18N2O. The minimum Gasteiger partial charge on any atom is -0.384 e. The summed E-state index contributed by atoms with van der Waals surface area (Å²) in [4.78, 5) is 5.40. The third-order valence-corrected chi connectivity index (χ3v) is 3.14. The molecule has 0 aromatic carbocycles. The van der Waals surface area contributed by atoms with Crippen LogP contribution >= 0.6 is 0 Å². The molecule has 0 saturated carbocycles. The topological polar surface area (TPSA) is 39.3 Å². The summed E-state index contributed by atoms with van der Waals surface area (Å²) in [6, 6.07) is 3.92. The molecule has 1 aliphatic heterocycles. The zero-order chi connectivity index (χ0) is 10.0. The van der Waals surface area contributed by atoms with E-state index in [4.69, 9.17) is 0 Å². The van der Waals surface area contributed by atoms with E-state index in [-0.39, 0.29) is 0 Å². The quantitative estimate of drug-likeness (QED) is 0.707. The number of aromatic amines is 1. The van der Waals surface area contributed by atoms with Crippen molar-refractivity contribution < 1.29 is 5.11 Å². The third-order valence-electron chi connectivity index (χ3n) is 3.14. The molecule has 0 bridgehead atoms. The average molecular weight is 194 g/mol. The van der Waals surface area contributed by atoms with Crippen molar-refractivity contribution in [2.75, 3.05) is 20.1 Å². The maximum Gasteiger partial charge on any atom is 0.106 e. The second-order valence-electron chi connectivity index (χ2n) is 4.27. The molecule has 0 spiro atoms. The highest BCUT2D eigenvalue weighted by molar-refractivity contribution is 5.13. The summed E-state index contributed by atoms with van der Waals surface area (Å²) in [6.45, 7) is 2.05. The first-order chi connectivity index (χ1) is 6.71. The number of rotatable bonds is 1. The summed E-state index contributed by atoms with van der Waals surface area (Å²) in [7, 11) is 2.11. The molecule has 1 saturated heterocycles. The molecule has 2 rings (SSSR count). The van der Waals surface area contributed by atoms with Crippen LogP contribution in [0.5, 0.6) is 0 Å². The lowest BCUT2D eigenvalue weighted by Gasteiger charge is -2.25. The van der Waals surface area contributed by atoms with Gasteiger partial charge in [-0.05, 0) is 45.0 Å². The molecule has 78 valence electrons. The van der Waals surface area contributed by atoms with Gasteiger partial charge in [0.25, 0.3) is 0 Å². The second-order valence-corrected chi connectivity index (χ2v) is 4.27. The zero-order valence-electron chi connectivity index (χ0n) is 8.66. The van der Waals surface area contributed by atoms with Crippen molar-refractivity contribution in [2.24, 2.45) is 0 Å². The monoisotopic (exact) mass is 194 g/mol. The number of hydrogen-bond donors (Lipinski definition) is 2. The molecule has 1 fully saturated rings. The van der Waals surface area contributed by atoms with Gasteiger partial charge in [0.15, 0.2) is 0 Å². The van der Waals surface area contributed by atoms with Crippen molar-refractivity contribution in [3.05, 3.63) is 24.0 Å². The van der Waals surface area contributed by atoms with Crippen LogP contribution < -0.4 is 0 Å². The number of nitrogens with one attached hydrogen (secondary N) is 1. The Labute approximate surface area is 84.7 Å². The molecule has 1 aliphatic rings. The molecule has 1 aromatic rings. The Morgan fingerprint density at radius 2 is 2.29 bits per heavy atom. The zero-order valence-corrected chi connectivity index (χ0v) is 8.66. The standard InChI is InChI=1S/C11H18N2O/c1-13-8-3-5-11(14,6-9-13)10-4-2-7-12-10/h2,4,7,12,14H,3,5-6,8-9H2,1H3. The third kappa shape index (κ3) is 1.83. The fraction of sp³-hybridized carbons (Fsp3) is 0.636. The van der Waals surface area contributed by atoms with Crippen LogP contribution in [0.25, 0.3) is 0 Å². The van der Waals surface area contributed by atoms with E-state index in [0.29, 0.717) is 0 Å². The molecule has 0 radical (unpaired) electrons. The highest BCUT2D eigenvalue weighted by atomic mass is 16.3. The number of nitrogens with zero attached hydrogens (tertiary/aromatic N) is 1. The summed E-state index contributed by atoms with van der Waals surface area (Å²) in [5, 5.41) is 10.5. The predicted molar refractivity (Wildman–Crippen MR) is 56.0 cm³/mol. The normalized spacial score (nSPS) is 30.1. The van der Waals surface area contributed by atoms with Crippen LogP contribution in [-0.4, -0.2) is 35.1 Å². The lowest BCUT2D eigenvalue weighted by molar-refractivity contribution is 0.0180. The minimum atomic E-state index is -0.631. The number of hydrogen-bond acceptors (Lipinski definition) is 2. The van der Waals surface area contributed by atoms with Crippen molar-refractivity contribution in [1.82, 2.24) is 9.88 Å². The van der Waals surface area contributed by atoms with Gasteiger partial charge in [-0.2, -0.15) is 0 Å². The average Bonchev–Trinajstić information content (AvgIpc) is 2.63. The summed E-state index contributed by atoms with van der Waals surface area (Å²) in [5.41, 5.74) is 0.335. The fourth-order valence-electron chi connectivity index (χ4n) is 2.14. The van der Waals surface area contributed by atoms with E-state index >= 15 is 0 Å². The smallest absolute Gasteiger partial charge is 0.106 e. The van der Waals surface area contributed by atoms with E-state index in [2.05, 4.69) is 16.9 Å². The molecule has 3 nitrogen and oxygen atoms in total. The number of H-pyrrole nitrogens is 1. The first-order valence-electron chi connectivity index (χ1n) is 5.25. The molecule has 1 aromatic heterocycles. The van der Waals surface area contributed by atoms with Crippen LogP contribution in [-0.2, 0) is 5.60 Å². The summed E-state index contributed by atoms with van der Waals surface area (Å²) >= 11 is 0. The second kappa shape index (κ2) is 3.75. The van der Waals surface area contributed by atoms with E-state index in [0.717, 1.165) is 38.0 Å². The lowest BCUT2D eigenvalue weighted by Crippen LogP contribution is -2.28. The maximum atomic E-state index is 10.5.